The Balaban J connectivity index is 3.26. The van der Waals surface area contributed by atoms with Gasteiger partial charge in [-0.1, -0.05) is 24.1 Å². The Morgan fingerprint density at radius 3 is 2.50 bits per heavy atom. The van der Waals surface area contributed by atoms with Gasteiger partial charge in [0.1, 0.15) is 0 Å². The minimum atomic E-state index is -0.858. The third-order valence-corrected chi connectivity index (χ3v) is 2.32. The number of hydrogen-bond donors (Lipinski definition) is 0. The third-order valence-electron chi connectivity index (χ3n) is 2.32. The van der Waals surface area contributed by atoms with Gasteiger partial charge in [-0.3, -0.25) is 4.79 Å². The molecule has 1 rings (SSSR count). The van der Waals surface area contributed by atoms with Crippen LogP contribution < -0.4 is 0 Å². The van der Waals surface area contributed by atoms with Gasteiger partial charge < -0.3 is 9.47 Å². The maximum atomic E-state index is 11.7. The summed E-state index contributed by atoms with van der Waals surface area (Å²) >= 11 is 0. The first-order valence-electron chi connectivity index (χ1n) is 5.87. The second kappa shape index (κ2) is 7.66. The van der Waals surface area contributed by atoms with E-state index in [2.05, 4.69) is 23.7 Å². The van der Waals surface area contributed by atoms with E-state index in [1.54, 1.807) is 31.2 Å². The van der Waals surface area contributed by atoms with Gasteiger partial charge >= 0.3 is 11.9 Å². The maximum absolute atomic E-state index is 11.7. The molecule has 0 N–H and O–H groups in total. The molecule has 0 bridgehead atoms. The summed E-state index contributed by atoms with van der Waals surface area (Å²) in [5, 5.41) is 0. The Hall–Kier alpha value is -2.72. The van der Waals surface area contributed by atoms with Gasteiger partial charge in [0, 0.05) is 12.5 Å². The predicted molar refractivity (Wildman–Crippen MR) is 73.5 cm³/mol. The Bertz CT molecular complexity index is 623. The average molecular weight is 270 g/mol. The summed E-state index contributed by atoms with van der Waals surface area (Å²) in [5.74, 6) is 9.48. The molecule has 0 aliphatic rings. The standard InChI is InChI=1S/C16H14O4/c1-4-5-6-11-15(20-12(2)17)13-9-7-8-10-14(13)16(18)19-3/h7-10,15H,1-3H3/t15-/m1/s1. The lowest BCUT2D eigenvalue weighted by Crippen LogP contribution is -2.12. The lowest BCUT2D eigenvalue weighted by atomic mass is 10.0. The van der Waals surface area contributed by atoms with Gasteiger partial charge in [-0.05, 0) is 30.8 Å². The molecular formula is C16H14O4. The monoisotopic (exact) mass is 270 g/mol. The van der Waals surface area contributed by atoms with Gasteiger partial charge in [0.25, 0.3) is 0 Å². The maximum Gasteiger partial charge on any atom is 0.338 e. The number of rotatable bonds is 3. The van der Waals surface area contributed by atoms with E-state index in [1.807, 2.05) is 0 Å². The molecule has 4 nitrogen and oxygen atoms in total. The SMILES string of the molecule is CC#CC#C[C@@H](OC(C)=O)c1ccccc1C(=O)OC. The lowest BCUT2D eigenvalue weighted by Gasteiger charge is -2.14. The second-order valence-electron chi connectivity index (χ2n) is 3.71. The van der Waals surface area contributed by atoms with Crippen molar-refractivity contribution in [1.82, 2.24) is 0 Å². The van der Waals surface area contributed by atoms with Crippen LogP contribution in [0.1, 0.15) is 35.9 Å². The summed E-state index contributed by atoms with van der Waals surface area (Å²) in [6.45, 7) is 2.93. The van der Waals surface area contributed by atoms with E-state index < -0.39 is 18.0 Å². The number of ether oxygens (including phenoxy) is 2. The molecule has 0 radical (unpaired) electrons. The summed E-state index contributed by atoms with van der Waals surface area (Å²) in [5.41, 5.74) is 0.778. The van der Waals surface area contributed by atoms with E-state index in [9.17, 15) is 9.59 Å². The normalized spacial score (nSPS) is 10.2. The van der Waals surface area contributed by atoms with E-state index in [4.69, 9.17) is 9.47 Å². The second-order valence-corrected chi connectivity index (χ2v) is 3.71. The van der Waals surface area contributed by atoms with Crippen molar-refractivity contribution >= 4 is 11.9 Å². The average Bonchev–Trinajstić information content (AvgIpc) is 2.45. The van der Waals surface area contributed by atoms with Crippen LogP contribution in [0, 0.1) is 23.7 Å². The number of methoxy groups -OCH3 is 1. The minimum Gasteiger partial charge on any atom is -0.465 e. The van der Waals surface area contributed by atoms with Crippen LogP contribution in [-0.2, 0) is 14.3 Å². The lowest BCUT2D eigenvalue weighted by molar-refractivity contribution is -0.144. The van der Waals surface area contributed by atoms with Crippen LogP contribution in [0.5, 0.6) is 0 Å². The van der Waals surface area contributed by atoms with Crippen LogP contribution in [0.4, 0.5) is 0 Å². The largest absolute Gasteiger partial charge is 0.465 e. The summed E-state index contributed by atoms with van der Waals surface area (Å²) in [6, 6.07) is 6.67. The van der Waals surface area contributed by atoms with E-state index in [-0.39, 0.29) is 0 Å². The fourth-order valence-electron chi connectivity index (χ4n) is 1.52. The molecule has 1 atom stereocenters. The zero-order chi connectivity index (χ0) is 15.0. The van der Waals surface area contributed by atoms with Crippen LogP contribution >= 0.6 is 0 Å². The third kappa shape index (κ3) is 4.19. The van der Waals surface area contributed by atoms with Gasteiger partial charge in [-0.2, -0.15) is 0 Å². The molecule has 0 fully saturated rings. The molecule has 0 saturated carbocycles. The Morgan fingerprint density at radius 1 is 1.20 bits per heavy atom. The number of carbonyl (C=O) groups excluding carboxylic acids is 2. The highest BCUT2D eigenvalue weighted by atomic mass is 16.5. The van der Waals surface area contributed by atoms with Crippen molar-refractivity contribution < 1.29 is 19.1 Å². The minimum absolute atomic E-state index is 0.306. The number of carbonyl (C=O) groups is 2. The van der Waals surface area contributed by atoms with Gasteiger partial charge in [0.2, 0.25) is 0 Å². The number of esters is 2. The quantitative estimate of drug-likeness (QED) is 0.623. The van der Waals surface area contributed by atoms with Gasteiger partial charge in [-0.15, -0.1) is 0 Å². The molecular weight excluding hydrogens is 256 g/mol. The van der Waals surface area contributed by atoms with E-state index in [1.165, 1.54) is 14.0 Å². The number of hydrogen-bond acceptors (Lipinski definition) is 4. The molecule has 1 aromatic rings. The van der Waals surface area contributed by atoms with Crippen LogP contribution in [-0.4, -0.2) is 19.0 Å². The van der Waals surface area contributed by atoms with Crippen molar-refractivity contribution in [2.24, 2.45) is 0 Å². The van der Waals surface area contributed by atoms with Crippen molar-refractivity contribution in [3.63, 3.8) is 0 Å². The zero-order valence-corrected chi connectivity index (χ0v) is 11.5. The van der Waals surface area contributed by atoms with Crippen LogP contribution in [0.3, 0.4) is 0 Å². The Morgan fingerprint density at radius 2 is 1.90 bits per heavy atom. The fourth-order valence-corrected chi connectivity index (χ4v) is 1.52. The summed E-state index contributed by atoms with van der Waals surface area (Å²) in [6.07, 6.45) is -0.858. The highest BCUT2D eigenvalue weighted by molar-refractivity contribution is 5.91. The molecule has 0 unspecified atom stereocenters. The predicted octanol–water partition coefficient (Wildman–Crippen LogP) is 2.10. The smallest absolute Gasteiger partial charge is 0.338 e. The molecule has 1 aromatic carbocycles. The van der Waals surface area contributed by atoms with E-state index >= 15 is 0 Å². The van der Waals surface area contributed by atoms with Crippen molar-refractivity contribution in [2.45, 2.75) is 20.0 Å². The van der Waals surface area contributed by atoms with Crippen molar-refractivity contribution in [1.29, 1.82) is 0 Å². The molecule has 20 heavy (non-hydrogen) atoms. The topological polar surface area (TPSA) is 52.6 Å². The Kier molecular flexibility index (Phi) is 5.87. The molecule has 0 heterocycles. The van der Waals surface area contributed by atoms with Crippen LogP contribution in [0.15, 0.2) is 24.3 Å². The van der Waals surface area contributed by atoms with Gasteiger partial charge in [-0.25, -0.2) is 4.79 Å². The molecule has 0 spiro atoms. The van der Waals surface area contributed by atoms with Crippen molar-refractivity contribution in [3.8, 4) is 23.7 Å². The fraction of sp³-hybridized carbons (Fsp3) is 0.250. The molecule has 0 aliphatic carbocycles. The highest BCUT2D eigenvalue weighted by Gasteiger charge is 2.20. The van der Waals surface area contributed by atoms with Crippen molar-refractivity contribution in [2.75, 3.05) is 7.11 Å². The first-order chi connectivity index (χ1) is 9.60. The van der Waals surface area contributed by atoms with Crippen LogP contribution in [0.2, 0.25) is 0 Å². The molecule has 4 heteroatoms. The summed E-state index contributed by atoms with van der Waals surface area (Å²) in [4.78, 5) is 22.9. The molecule has 102 valence electrons. The molecule has 0 aliphatic heterocycles. The van der Waals surface area contributed by atoms with Crippen LogP contribution in [0.25, 0.3) is 0 Å². The highest BCUT2D eigenvalue weighted by Crippen LogP contribution is 2.22. The molecule has 0 saturated heterocycles. The first kappa shape index (κ1) is 15.3. The van der Waals surface area contributed by atoms with Gasteiger partial charge in [0.15, 0.2) is 6.10 Å². The van der Waals surface area contributed by atoms with E-state index in [0.29, 0.717) is 11.1 Å². The Labute approximate surface area is 118 Å². The van der Waals surface area contributed by atoms with E-state index in [0.717, 1.165) is 0 Å². The number of benzene rings is 1. The first-order valence-corrected chi connectivity index (χ1v) is 5.87. The molecule has 0 aromatic heterocycles. The zero-order valence-electron chi connectivity index (χ0n) is 11.5. The summed E-state index contributed by atoms with van der Waals surface area (Å²) in [7, 11) is 1.29. The van der Waals surface area contributed by atoms with Crippen molar-refractivity contribution in [3.05, 3.63) is 35.4 Å². The molecule has 0 amide bonds. The summed E-state index contributed by atoms with van der Waals surface area (Å²) < 4.78 is 9.83. The van der Waals surface area contributed by atoms with Gasteiger partial charge in [0.05, 0.1) is 12.7 Å².